The van der Waals surface area contributed by atoms with Gasteiger partial charge in [0.1, 0.15) is 0 Å². The fraction of sp³-hybridized carbons (Fsp3) is 0.333. The maximum atomic E-state index is 11.1. The molecule has 0 radical (unpaired) electrons. The topological polar surface area (TPSA) is 66.8 Å². The molecule has 5 heteroatoms. The minimum absolute atomic E-state index is 0.531. The van der Waals surface area contributed by atoms with E-state index in [9.17, 15) is 4.57 Å². The largest absolute Gasteiger partial charge is 0.364 e. The van der Waals surface area contributed by atoms with Gasteiger partial charge in [0.05, 0.1) is 0 Å². The van der Waals surface area contributed by atoms with Crippen LogP contribution in [0.2, 0.25) is 0 Å². The van der Waals surface area contributed by atoms with Crippen molar-refractivity contribution in [2.24, 2.45) is 0 Å². The van der Waals surface area contributed by atoms with Crippen molar-refractivity contribution in [1.82, 2.24) is 0 Å². The Kier molecular flexibility index (Phi) is 3.45. The van der Waals surface area contributed by atoms with Crippen LogP contribution < -0.4 is 0 Å². The van der Waals surface area contributed by atoms with Crippen molar-refractivity contribution in [2.45, 2.75) is 12.8 Å². The molecule has 0 fully saturated rings. The van der Waals surface area contributed by atoms with Crippen molar-refractivity contribution in [2.75, 3.05) is 7.11 Å². The molecule has 0 spiro atoms. The zero-order chi connectivity index (χ0) is 10.8. The van der Waals surface area contributed by atoms with Crippen LogP contribution in [0.25, 0.3) is 0 Å². The summed E-state index contributed by atoms with van der Waals surface area (Å²) in [6, 6.07) is 6.98. The van der Waals surface area contributed by atoms with Gasteiger partial charge in [-0.1, -0.05) is 24.3 Å². The lowest BCUT2D eigenvalue weighted by Gasteiger charge is -2.18. The monoisotopic (exact) mass is 216 g/mol. The third-order valence-corrected chi connectivity index (χ3v) is 3.08. The van der Waals surface area contributed by atoms with Crippen LogP contribution >= 0.6 is 7.60 Å². The zero-order valence-electron chi connectivity index (χ0n) is 8.04. The Morgan fingerprint density at radius 3 is 2.36 bits per heavy atom. The predicted octanol–water partition coefficient (Wildman–Crippen LogP) is 1.82. The maximum Gasteiger partial charge on any atom is 0.358 e. The summed E-state index contributed by atoms with van der Waals surface area (Å²) in [7, 11) is -2.96. The molecule has 2 N–H and O–H groups in total. The van der Waals surface area contributed by atoms with Crippen molar-refractivity contribution in [3.63, 3.8) is 0 Å². The van der Waals surface area contributed by atoms with E-state index >= 15 is 0 Å². The highest BCUT2D eigenvalue weighted by Gasteiger charge is 2.31. The van der Waals surface area contributed by atoms with Crippen LogP contribution in [0, 0.1) is 6.92 Å². The molecule has 0 aliphatic heterocycles. The number of hydrogen-bond donors (Lipinski definition) is 2. The summed E-state index contributed by atoms with van der Waals surface area (Å²) < 4.78 is 15.9. The van der Waals surface area contributed by atoms with Crippen molar-refractivity contribution >= 4 is 7.60 Å². The second-order valence-electron chi connectivity index (χ2n) is 3.03. The van der Waals surface area contributed by atoms with Gasteiger partial charge in [-0.05, 0) is 18.1 Å². The van der Waals surface area contributed by atoms with E-state index in [-0.39, 0.29) is 0 Å². The van der Waals surface area contributed by atoms with Gasteiger partial charge in [-0.25, -0.2) is 0 Å². The Labute approximate surface area is 82.7 Å². The number of rotatable bonds is 3. The van der Waals surface area contributed by atoms with Gasteiger partial charge in [0, 0.05) is 7.11 Å². The summed E-state index contributed by atoms with van der Waals surface area (Å²) in [5, 5.41) is 0. The lowest BCUT2D eigenvalue weighted by Crippen LogP contribution is -2.04. The highest BCUT2D eigenvalue weighted by atomic mass is 31.2. The van der Waals surface area contributed by atoms with Gasteiger partial charge in [0.2, 0.25) is 0 Å². The molecular weight excluding hydrogens is 203 g/mol. The fourth-order valence-corrected chi connectivity index (χ4v) is 2.24. The molecule has 0 saturated carbocycles. The average molecular weight is 216 g/mol. The van der Waals surface area contributed by atoms with E-state index in [0.29, 0.717) is 5.56 Å². The quantitative estimate of drug-likeness (QED) is 0.756. The van der Waals surface area contributed by atoms with Crippen molar-refractivity contribution in [3.05, 3.63) is 35.4 Å². The molecule has 0 amide bonds. The second-order valence-corrected chi connectivity index (χ2v) is 4.68. The molecule has 0 heterocycles. The molecule has 0 aromatic heterocycles. The first-order chi connectivity index (χ1) is 6.46. The summed E-state index contributed by atoms with van der Waals surface area (Å²) in [5.74, 6) is -1.16. The van der Waals surface area contributed by atoms with E-state index in [1.807, 2.05) is 6.07 Å². The fourth-order valence-electron chi connectivity index (χ4n) is 1.31. The van der Waals surface area contributed by atoms with Crippen LogP contribution in [0.5, 0.6) is 0 Å². The highest BCUT2D eigenvalue weighted by molar-refractivity contribution is 7.52. The molecular formula is C9H13O4P. The molecule has 4 nitrogen and oxygen atoms in total. The van der Waals surface area contributed by atoms with E-state index in [2.05, 4.69) is 0 Å². The third-order valence-electron chi connectivity index (χ3n) is 1.98. The summed E-state index contributed by atoms with van der Waals surface area (Å²) >= 11 is 0. The van der Waals surface area contributed by atoms with Crippen molar-refractivity contribution in [1.29, 1.82) is 0 Å². The molecule has 14 heavy (non-hydrogen) atoms. The SMILES string of the molecule is COC(c1ccccc1C)P(=O)(O)O. The molecule has 78 valence electrons. The van der Waals surface area contributed by atoms with Crippen LogP contribution in [0.4, 0.5) is 0 Å². The number of methoxy groups -OCH3 is 1. The number of ether oxygens (including phenoxy) is 1. The summed E-state index contributed by atoms with van der Waals surface area (Å²) in [6.45, 7) is 1.79. The summed E-state index contributed by atoms with van der Waals surface area (Å²) in [4.78, 5) is 18.1. The first kappa shape index (κ1) is 11.4. The maximum absolute atomic E-state index is 11.1. The van der Waals surface area contributed by atoms with Gasteiger partial charge in [0.25, 0.3) is 0 Å². The van der Waals surface area contributed by atoms with Crippen LogP contribution in [0.15, 0.2) is 24.3 Å². The van der Waals surface area contributed by atoms with E-state index in [0.717, 1.165) is 5.56 Å². The molecule has 1 aromatic rings. The van der Waals surface area contributed by atoms with Gasteiger partial charge < -0.3 is 14.5 Å². The molecule has 1 unspecified atom stereocenters. The molecule has 1 rings (SSSR count). The summed E-state index contributed by atoms with van der Waals surface area (Å²) in [5.41, 5.74) is 1.34. The van der Waals surface area contributed by atoms with Crippen molar-refractivity contribution in [3.8, 4) is 0 Å². The van der Waals surface area contributed by atoms with E-state index in [4.69, 9.17) is 14.5 Å². The number of benzene rings is 1. The first-order valence-electron chi connectivity index (χ1n) is 4.10. The van der Waals surface area contributed by atoms with Gasteiger partial charge in [-0.15, -0.1) is 0 Å². The average Bonchev–Trinajstić information content (AvgIpc) is 2.07. The molecule has 0 aliphatic carbocycles. The smallest absolute Gasteiger partial charge is 0.358 e. The third kappa shape index (κ3) is 2.42. The minimum Gasteiger partial charge on any atom is -0.364 e. The number of hydrogen-bond acceptors (Lipinski definition) is 2. The Balaban J connectivity index is 3.14. The second kappa shape index (κ2) is 4.24. The Morgan fingerprint density at radius 1 is 1.36 bits per heavy atom. The Bertz CT molecular complexity index is 358. The van der Waals surface area contributed by atoms with Crippen LogP contribution in [0.3, 0.4) is 0 Å². The van der Waals surface area contributed by atoms with Crippen LogP contribution in [-0.2, 0) is 9.30 Å². The van der Waals surface area contributed by atoms with E-state index < -0.39 is 13.4 Å². The van der Waals surface area contributed by atoms with E-state index in [1.54, 1.807) is 25.1 Å². The highest BCUT2D eigenvalue weighted by Crippen LogP contribution is 2.52. The standard InChI is InChI=1S/C9H13O4P/c1-7-5-3-4-6-8(7)9(13-2)14(10,11)12/h3-6,9H,1-2H3,(H2,10,11,12). The first-order valence-corrected chi connectivity index (χ1v) is 5.78. The van der Waals surface area contributed by atoms with Gasteiger partial charge in [-0.2, -0.15) is 0 Å². The molecule has 0 aliphatic rings. The van der Waals surface area contributed by atoms with Gasteiger partial charge in [0.15, 0.2) is 5.85 Å². The van der Waals surface area contributed by atoms with Crippen molar-refractivity contribution < 1.29 is 19.1 Å². The molecule has 0 bridgehead atoms. The van der Waals surface area contributed by atoms with Crippen LogP contribution in [0.1, 0.15) is 17.0 Å². The lowest BCUT2D eigenvalue weighted by atomic mass is 10.1. The Hall–Kier alpha value is -0.670. The molecule has 1 aromatic carbocycles. The predicted molar refractivity (Wildman–Crippen MR) is 53.0 cm³/mol. The van der Waals surface area contributed by atoms with Crippen LogP contribution in [-0.4, -0.2) is 16.9 Å². The van der Waals surface area contributed by atoms with Gasteiger partial charge >= 0.3 is 7.60 Å². The van der Waals surface area contributed by atoms with E-state index in [1.165, 1.54) is 7.11 Å². The summed E-state index contributed by atoms with van der Waals surface area (Å²) in [6.07, 6.45) is 0. The Morgan fingerprint density at radius 2 is 1.93 bits per heavy atom. The zero-order valence-corrected chi connectivity index (χ0v) is 8.94. The minimum atomic E-state index is -4.25. The molecule has 1 atom stereocenters. The van der Waals surface area contributed by atoms with Gasteiger partial charge in [-0.3, -0.25) is 4.57 Å². The number of aryl methyl sites for hydroxylation is 1. The normalized spacial score (nSPS) is 14.0. The lowest BCUT2D eigenvalue weighted by molar-refractivity contribution is 0.137. The molecule has 0 saturated heterocycles.